The monoisotopic (exact) mass is 299 g/mol. The zero-order chi connectivity index (χ0) is 15.5. The fraction of sp³-hybridized carbons (Fsp3) is 0.333. The summed E-state index contributed by atoms with van der Waals surface area (Å²) in [5, 5.41) is 9.13. The summed E-state index contributed by atoms with van der Waals surface area (Å²) in [6, 6.07) is 6.93. The minimum atomic E-state index is -0.307. The van der Waals surface area contributed by atoms with E-state index >= 15 is 0 Å². The molecule has 7 nitrogen and oxygen atoms in total. The molecule has 2 aromatic heterocycles. The smallest absolute Gasteiger partial charge is 0.275 e. The summed E-state index contributed by atoms with van der Waals surface area (Å²) >= 11 is 0. The van der Waals surface area contributed by atoms with E-state index in [9.17, 15) is 9.59 Å². The Labute approximate surface area is 127 Å². The quantitative estimate of drug-likeness (QED) is 0.903. The van der Waals surface area contributed by atoms with Crippen LogP contribution in [0, 0.1) is 0 Å². The van der Waals surface area contributed by atoms with Gasteiger partial charge in [-0.05, 0) is 25.0 Å². The van der Waals surface area contributed by atoms with E-state index in [1.54, 1.807) is 36.2 Å². The van der Waals surface area contributed by atoms with E-state index in [4.69, 9.17) is 0 Å². The lowest BCUT2D eigenvalue weighted by Crippen LogP contribution is -2.29. The molecule has 0 bridgehead atoms. The first kappa shape index (κ1) is 14.2. The first-order valence-electron chi connectivity index (χ1n) is 7.20. The summed E-state index contributed by atoms with van der Waals surface area (Å²) in [5.74, 6) is 0.249. The molecule has 1 aliphatic heterocycles. The first-order valence-corrected chi connectivity index (χ1v) is 7.20. The van der Waals surface area contributed by atoms with Gasteiger partial charge < -0.3 is 10.2 Å². The van der Waals surface area contributed by atoms with Crippen molar-refractivity contribution in [2.24, 2.45) is 0 Å². The van der Waals surface area contributed by atoms with Gasteiger partial charge in [0.25, 0.3) is 5.91 Å². The molecule has 1 atom stereocenters. The molecule has 0 radical (unpaired) electrons. The van der Waals surface area contributed by atoms with E-state index in [1.165, 1.54) is 0 Å². The van der Waals surface area contributed by atoms with Gasteiger partial charge in [-0.25, -0.2) is 4.98 Å². The number of nitrogens with one attached hydrogen (secondary N) is 2. The second-order valence-corrected chi connectivity index (χ2v) is 5.24. The molecule has 0 aromatic carbocycles. The lowest BCUT2D eigenvalue weighted by molar-refractivity contribution is -0.129. The number of carbonyl (C=O) groups excluding carboxylic acids is 2. The van der Waals surface area contributed by atoms with E-state index in [0.29, 0.717) is 11.5 Å². The molecule has 0 saturated carbocycles. The fourth-order valence-corrected chi connectivity index (χ4v) is 2.73. The molecule has 1 aliphatic rings. The maximum atomic E-state index is 12.2. The molecule has 0 spiro atoms. The van der Waals surface area contributed by atoms with Gasteiger partial charge in [-0.1, -0.05) is 6.07 Å². The van der Waals surface area contributed by atoms with Gasteiger partial charge in [-0.3, -0.25) is 14.7 Å². The van der Waals surface area contributed by atoms with E-state index in [2.05, 4.69) is 20.5 Å². The maximum absolute atomic E-state index is 12.2. The zero-order valence-corrected chi connectivity index (χ0v) is 12.2. The van der Waals surface area contributed by atoms with Gasteiger partial charge in [0.15, 0.2) is 0 Å². The Bertz CT molecular complexity index is 683. The van der Waals surface area contributed by atoms with Crippen LogP contribution >= 0.6 is 0 Å². The van der Waals surface area contributed by atoms with Crippen LogP contribution in [0.15, 0.2) is 30.5 Å². The number of rotatable bonds is 3. The summed E-state index contributed by atoms with van der Waals surface area (Å²) in [4.78, 5) is 30.1. The van der Waals surface area contributed by atoms with Crippen molar-refractivity contribution in [2.45, 2.75) is 25.8 Å². The molecule has 3 rings (SSSR count). The molecule has 2 aromatic rings. The third-order valence-electron chi connectivity index (χ3n) is 3.75. The molecular formula is C15H17N5O2. The highest BCUT2D eigenvalue weighted by Crippen LogP contribution is 2.30. The minimum Gasteiger partial charge on any atom is -0.334 e. The minimum absolute atomic E-state index is 0.0385. The Hall–Kier alpha value is -2.70. The number of amides is 2. The second-order valence-electron chi connectivity index (χ2n) is 5.24. The molecule has 2 N–H and O–H groups in total. The van der Waals surface area contributed by atoms with Gasteiger partial charge >= 0.3 is 0 Å². The van der Waals surface area contributed by atoms with Crippen LogP contribution in [0.1, 0.15) is 42.0 Å². The van der Waals surface area contributed by atoms with Gasteiger partial charge in [0.2, 0.25) is 5.91 Å². The summed E-state index contributed by atoms with van der Waals surface area (Å²) < 4.78 is 0. The SMILES string of the molecule is CC(=O)N1CCC[C@H]1c1cccc(C(=O)Nc2ccn[nH]2)n1. The van der Waals surface area contributed by atoms with Gasteiger partial charge in [0, 0.05) is 19.5 Å². The molecule has 3 heterocycles. The topological polar surface area (TPSA) is 91.0 Å². The largest absolute Gasteiger partial charge is 0.334 e. The van der Waals surface area contributed by atoms with Crippen molar-refractivity contribution in [3.63, 3.8) is 0 Å². The van der Waals surface area contributed by atoms with Crippen molar-refractivity contribution >= 4 is 17.6 Å². The normalized spacial score (nSPS) is 17.5. The number of nitrogens with zero attached hydrogens (tertiary/aromatic N) is 3. The number of hydrogen-bond donors (Lipinski definition) is 2. The van der Waals surface area contributed by atoms with E-state index in [0.717, 1.165) is 25.1 Å². The summed E-state index contributed by atoms with van der Waals surface area (Å²) in [5.41, 5.74) is 1.08. The number of anilines is 1. The van der Waals surface area contributed by atoms with Crippen molar-refractivity contribution in [3.05, 3.63) is 41.9 Å². The second kappa shape index (κ2) is 5.97. The van der Waals surface area contributed by atoms with Gasteiger partial charge in [0.05, 0.1) is 17.9 Å². The molecule has 2 amide bonds. The molecule has 22 heavy (non-hydrogen) atoms. The van der Waals surface area contributed by atoms with Crippen molar-refractivity contribution in [1.82, 2.24) is 20.1 Å². The number of aromatic nitrogens is 3. The van der Waals surface area contributed by atoms with Crippen LogP contribution in [0.2, 0.25) is 0 Å². The van der Waals surface area contributed by atoms with Crippen LogP contribution in [-0.2, 0) is 4.79 Å². The van der Waals surface area contributed by atoms with Gasteiger partial charge in [0.1, 0.15) is 11.5 Å². The molecule has 1 fully saturated rings. The lowest BCUT2D eigenvalue weighted by Gasteiger charge is -2.23. The predicted octanol–water partition coefficient (Wildman–Crippen LogP) is 1.74. The highest BCUT2D eigenvalue weighted by atomic mass is 16.2. The van der Waals surface area contributed by atoms with E-state index in [-0.39, 0.29) is 17.9 Å². The Morgan fingerprint density at radius 1 is 1.36 bits per heavy atom. The van der Waals surface area contributed by atoms with Crippen LogP contribution in [0.5, 0.6) is 0 Å². The molecule has 114 valence electrons. The van der Waals surface area contributed by atoms with E-state index < -0.39 is 0 Å². The summed E-state index contributed by atoms with van der Waals surface area (Å²) in [6.07, 6.45) is 3.39. The average molecular weight is 299 g/mol. The van der Waals surface area contributed by atoms with Crippen molar-refractivity contribution in [3.8, 4) is 0 Å². The number of aromatic amines is 1. The van der Waals surface area contributed by atoms with Crippen LogP contribution in [-0.4, -0.2) is 38.4 Å². The third-order valence-corrected chi connectivity index (χ3v) is 3.75. The van der Waals surface area contributed by atoms with Crippen LogP contribution < -0.4 is 5.32 Å². The molecule has 0 aliphatic carbocycles. The summed E-state index contributed by atoms with van der Waals surface area (Å²) in [7, 11) is 0. The number of H-pyrrole nitrogens is 1. The maximum Gasteiger partial charge on any atom is 0.275 e. The number of pyridine rings is 1. The highest BCUT2D eigenvalue weighted by molar-refractivity contribution is 6.02. The van der Waals surface area contributed by atoms with Crippen LogP contribution in [0.25, 0.3) is 0 Å². The molecule has 0 unspecified atom stereocenters. The highest BCUT2D eigenvalue weighted by Gasteiger charge is 2.29. The predicted molar refractivity (Wildman–Crippen MR) is 80.1 cm³/mol. The van der Waals surface area contributed by atoms with Crippen LogP contribution in [0.4, 0.5) is 5.82 Å². The van der Waals surface area contributed by atoms with Crippen molar-refractivity contribution in [2.75, 3.05) is 11.9 Å². The lowest BCUT2D eigenvalue weighted by atomic mass is 10.1. The molecule has 7 heteroatoms. The number of likely N-dealkylation sites (tertiary alicyclic amines) is 1. The molecular weight excluding hydrogens is 282 g/mol. The van der Waals surface area contributed by atoms with Gasteiger partial charge in [-0.15, -0.1) is 0 Å². The number of hydrogen-bond acceptors (Lipinski definition) is 4. The Morgan fingerprint density at radius 2 is 2.23 bits per heavy atom. The van der Waals surface area contributed by atoms with Crippen molar-refractivity contribution < 1.29 is 9.59 Å². The van der Waals surface area contributed by atoms with Crippen LogP contribution in [0.3, 0.4) is 0 Å². The zero-order valence-electron chi connectivity index (χ0n) is 12.2. The Balaban J connectivity index is 1.80. The Kier molecular flexibility index (Phi) is 3.86. The average Bonchev–Trinajstić information content (AvgIpc) is 3.18. The first-order chi connectivity index (χ1) is 10.6. The fourth-order valence-electron chi connectivity index (χ4n) is 2.73. The van der Waals surface area contributed by atoms with Gasteiger partial charge in [-0.2, -0.15) is 5.10 Å². The Morgan fingerprint density at radius 3 is 2.95 bits per heavy atom. The van der Waals surface area contributed by atoms with E-state index in [1.807, 2.05) is 6.07 Å². The summed E-state index contributed by atoms with van der Waals surface area (Å²) in [6.45, 7) is 2.30. The number of carbonyl (C=O) groups is 2. The standard InChI is InChI=1S/C15H17N5O2/c1-10(21)20-9-3-6-13(20)11-4-2-5-12(17-11)15(22)18-14-7-8-16-19-14/h2,4-5,7-8,13H,3,6,9H2,1H3,(H2,16,18,19,22)/t13-/m0/s1. The molecule has 1 saturated heterocycles. The third kappa shape index (κ3) is 2.83. The van der Waals surface area contributed by atoms with Crippen molar-refractivity contribution in [1.29, 1.82) is 0 Å².